The van der Waals surface area contributed by atoms with E-state index in [0.717, 1.165) is 0 Å². The molecule has 0 radical (unpaired) electrons. The molecule has 1 saturated heterocycles. The molecule has 8 nitrogen and oxygen atoms in total. The highest BCUT2D eigenvalue weighted by atomic mass is 32.2. The molecule has 1 fully saturated rings. The predicted molar refractivity (Wildman–Crippen MR) is 112 cm³/mol. The molecule has 4 rings (SSSR count). The zero-order valence-corrected chi connectivity index (χ0v) is 17.2. The second kappa shape index (κ2) is 8.20. The Morgan fingerprint density at radius 2 is 1.97 bits per heavy atom. The Balaban J connectivity index is 1.58. The van der Waals surface area contributed by atoms with Crippen LogP contribution in [0.5, 0.6) is 0 Å². The molecule has 162 valence electrons. The van der Waals surface area contributed by atoms with Crippen LogP contribution in [-0.4, -0.2) is 52.8 Å². The smallest absolute Gasteiger partial charge is 0.272 e. The van der Waals surface area contributed by atoms with Crippen LogP contribution in [0.15, 0.2) is 47.3 Å². The van der Waals surface area contributed by atoms with Crippen molar-refractivity contribution >= 4 is 26.8 Å². The van der Waals surface area contributed by atoms with Gasteiger partial charge >= 0.3 is 0 Å². The fourth-order valence-electron chi connectivity index (χ4n) is 3.97. The molecule has 0 bridgehead atoms. The van der Waals surface area contributed by atoms with E-state index in [9.17, 15) is 22.4 Å². The maximum Gasteiger partial charge on any atom is 0.272 e. The maximum atomic E-state index is 14.4. The zero-order valence-electron chi connectivity index (χ0n) is 16.4. The topological polar surface area (TPSA) is 120 Å². The molecular weight excluding hydrogens is 425 g/mol. The molecule has 2 aromatic carbocycles. The average molecular weight is 445 g/mol. The first-order chi connectivity index (χ1) is 14.7. The number of benzene rings is 2. The molecular formula is C21H20FN3O5S. The third-order valence-corrected chi connectivity index (χ3v) is 6.32. The van der Waals surface area contributed by atoms with Crippen LogP contribution in [0, 0.1) is 11.7 Å². The van der Waals surface area contributed by atoms with Crippen molar-refractivity contribution in [2.45, 2.75) is 12.8 Å². The van der Waals surface area contributed by atoms with E-state index in [1.165, 1.54) is 17.0 Å². The van der Waals surface area contributed by atoms with Gasteiger partial charge in [-0.15, -0.1) is 0 Å². The molecule has 1 aliphatic rings. The van der Waals surface area contributed by atoms with Gasteiger partial charge in [-0.3, -0.25) is 14.1 Å². The van der Waals surface area contributed by atoms with E-state index in [-0.39, 0.29) is 36.6 Å². The SMILES string of the molecule is O=C(c1cc(Cc2n[nH]c(=O)c3ccccc23)ccc1F)N1CCC(CS(=O)(=O)O)C1. The number of hydrogen-bond acceptors (Lipinski definition) is 5. The predicted octanol–water partition coefficient (Wildman–Crippen LogP) is 2.00. The van der Waals surface area contributed by atoms with Crippen molar-refractivity contribution < 1.29 is 22.2 Å². The van der Waals surface area contributed by atoms with Crippen molar-refractivity contribution in [1.82, 2.24) is 15.1 Å². The molecule has 31 heavy (non-hydrogen) atoms. The molecule has 1 aromatic heterocycles. The largest absolute Gasteiger partial charge is 0.338 e. The molecule has 1 unspecified atom stereocenters. The van der Waals surface area contributed by atoms with Crippen LogP contribution in [0.1, 0.15) is 28.0 Å². The Morgan fingerprint density at radius 3 is 2.71 bits per heavy atom. The maximum absolute atomic E-state index is 14.4. The van der Waals surface area contributed by atoms with Crippen LogP contribution in [-0.2, 0) is 16.5 Å². The Labute approximate surface area is 177 Å². The summed E-state index contributed by atoms with van der Waals surface area (Å²) in [5.41, 5.74) is 0.819. The number of carbonyl (C=O) groups is 1. The fourth-order valence-corrected chi connectivity index (χ4v) is 4.84. The number of fused-ring (bicyclic) bond motifs is 1. The summed E-state index contributed by atoms with van der Waals surface area (Å²) in [5.74, 6) is -2.02. The van der Waals surface area contributed by atoms with Crippen LogP contribution in [0.2, 0.25) is 0 Å². The van der Waals surface area contributed by atoms with E-state index < -0.39 is 27.6 Å². The molecule has 3 aromatic rings. The van der Waals surface area contributed by atoms with Crippen molar-refractivity contribution in [1.29, 1.82) is 0 Å². The summed E-state index contributed by atoms with van der Waals surface area (Å²) in [6.45, 7) is 0.420. The fraction of sp³-hybridized carbons (Fsp3) is 0.286. The van der Waals surface area contributed by atoms with Crippen molar-refractivity contribution in [3.63, 3.8) is 0 Å². The van der Waals surface area contributed by atoms with Crippen LogP contribution >= 0.6 is 0 Å². The summed E-state index contributed by atoms with van der Waals surface area (Å²) < 4.78 is 45.6. The minimum absolute atomic E-state index is 0.112. The second-order valence-corrected chi connectivity index (χ2v) is 9.19. The van der Waals surface area contributed by atoms with Gasteiger partial charge in [-0.25, -0.2) is 9.49 Å². The van der Waals surface area contributed by atoms with Gasteiger partial charge in [-0.2, -0.15) is 13.5 Å². The first kappa shape index (κ1) is 21.1. The molecule has 2 heterocycles. The first-order valence-electron chi connectivity index (χ1n) is 9.70. The number of nitrogens with zero attached hydrogens (tertiary/aromatic N) is 2. The highest BCUT2D eigenvalue weighted by Crippen LogP contribution is 2.23. The van der Waals surface area contributed by atoms with Crippen molar-refractivity contribution in [2.75, 3.05) is 18.8 Å². The van der Waals surface area contributed by atoms with E-state index >= 15 is 0 Å². The molecule has 0 saturated carbocycles. The summed E-state index contributed by atoms with van der Waals surface area (Å²) in [7, 11) is -4.14. The number of aromatic nitrogens is 2. The van der Waals surface area contributed by atoms with Gasteiger partial charge in [-0.1, -0.05) is 24.3 Å². The number of rotatable bonds is 5. The van der Waals surface area contributed by atoms with E-state index in [1.807, 2.05) is 0 Å². The van der Waals surface area contributed by atoms with Gasteiger partial charge in [0.2, 0.25) is 0 Å². The van der Waals surface area contributed by atoms with Gasteiger partial charge in [0.25, 0.3) is 21.6 Å². The molecule has 0 aliphatic carbocycles. The van der Waals surface area contributed by atoms with Gasteiger partial charge in [0.05, 0.1) is 22.4 Å². The summed E-state index contributed by atoms with van der Waals surface area (Å²) >= 11 is 0. The first-order valence-corrected chi connectivity index (χ1v) is 11.3. The van der Waals surface area contributed by atoms with Crippen molar-refractivity contribution in [2.24, 2.45) is 5.92 Å². The van der Waals surface area contributed by atoms with Crippen LogP contribution < -0.4 is 5.56 Å². The third-order valence-electron chi connectivity index (χ3n) is 5.43. The number of aromatic amines is 1. The van der Waals surface area contributed by atoms with Crippen LogP contribution in [0.4, 0.5) is 4.39 Å². The molecule has 2 N–H and O–H groups in total. The summed E-state index contributed by atoms with van der Waals surface area (Å²) in [6.07, 6.45) is 0.698. The van der Waals surface area contributed by atoms with Gasteiger partial charge in [0, 0.05) is 24.9 Å². The molecule has 10 heteroatoms. The zero-order chi connectivity index (χ0) is 22.2. The highest BCUT2D eigenvalue weighted by Gasteiger charge is 2.31. The van der Waals surface area contributed by atoms with E-state index in [2.05, 4.69) is 10.2 Å². The number of halogens is 1. The Kier molecular flexibility index (Phi) is 5.59. The van der Waals surface area contributed by atoms with Crippen LogP contribution in [0.3, 0.4) is 0 Å². The second-order valence-electron chi connectivity index (χ2n) is 7.69. The normalized spacial score (nSPS) is 16.7. The monoisotopic (exact) mass is 445 g/mol. The number of amides is 1. The molecule has 1 atom stereocenters. The summed E-state index contributed by atoms with van der Waals surface area (Å²) in [5, 5.41) is 7.74. The van der Waals surface area contributed by atoms with E-state index in [1.54, 1.807) is 30.3 Å². The van der Waals surface area contributed by atoms with E-state index in [0.29, 0.717) is 28.5 Å². The van der Waals surface area contributed by atoms with Gasteiger partial charge < -0.3 is 4.90 Å². The van der Waals surface area contributed by atoms with Gasteiger partial charge in [0.1, 0.15) is 5.82 Å². The molecule has 1 amide bonds. The Hall–Kier alpha value is -3.11. The van der Waals surface area contributed by atoms with Gasteiger partial charge in [0.15, 0.2) is 0 Å². The summed E-state index contributed by atoms with van der Waals surface area (Å²) in [4.78, 5) is 26.2. The van der Waals surface area contributed by atoms with Crippen molar-refractivity contribution in [3.05, 3.63) is 75.5 Å². The lowest BCUT2D eigenvalue weighted by molar-refractivity contribution is 0.0783. The quantitative estimate of drug-likeness (QED) is 0.580. The standard InChI is InChI=1S/C21H20FN3O5S/c22-18-6-5-13(10-19-15-3-1-2-4-16(15)20(26)24-23-19)9-17(18)21(27)25-8-7-14(11-25)12-31(28,29)30/h1-6,9,14H,7-8,10-12H2,(H,24,26)(H,28,29,30). The van der Waals surface area contributed by atoms with Crippen LogP contribution in [0.25, 0.3) is 10.8 Å². The highest BCUT2D eigenvalue weighted by molar-refractivity contribution is 7.85. The Morgan fingerprint density at radius 1 is 1.23 bits per heavy atom. The number of carbonyl (C=O) groups excluding carboxylic acids is 1. The number of hydrogen-bond donors (Lipinski definition) is 2. The Bertz CT molecular complexity index is 1320. The summed E-state index contributed by atoms with van der Waals surface area (Å²) in [6, 6.07) is 11.2. The lowest BCUT2D eigenvalue weighted by Crippen LogP contribution is -2.30. The number of likely N-dealkylation sites (tertiary alicyclic amines) is 1. The number of H-pyrrole nitrogens is 1. The lowest BCUT2D eigenvalue weighted by Gasteiger charge is -2.17. The minimum Gasteiger partial charge on any atom is -0.338 e. The number of nitrogens with one attached hydrogen (secondary N) is 1. The third kappa shape index (κ3) is 4.64. The van der Waals surface area contributed by atoms with Crippen molar-refractivity contribution in [3.8, 4) is 0 Å². The van der Waals surface area contributed by atoms with E-state index in [4.69, 9.17) is 4.55 Å². The minimum atomic E-state index is -4.14. The molecule has 0 spiro atoms. The molecule has 1 aliphatic heterocycles. The van der Waals surface area contributed by atoms with Gasteiger partial charge in [-0.05, 0) is 36.1 Å². The lowest BCUT2D eigenvalue weighted by atomic mass is 10.0. The average Bonchev–Trinajstić information content (AvgIpc) is 3.18.